The number of amides is 1. The largest absolute Gasteiger partial charge is 0.324 e. The van der Waals surface area contributed by atoms with Crippen molar-refractivity contribution in [2.24, 2.45) is 0 Å². The van der Waals surface area contributed by atoms with Gasteiger partial charge in [-0.2, -0.15) is 5.10 Å². The molecule has 3 aromatic rings. The molecule has 3 rings (SSSR count). The van der Waals surface area contributed by atoms with Crippen molar-refractivity contribution in [3.8, 4) is 5.69 Å². The lowest BCUT2D eigenvalue weighted by molar-refractivity contribution is -0.117. The Labute approximate surface area is 173 Å². The van der Waals surface area contributed by atoms with Crippen LogP contribution in [0, 0.1) is 20.8 Å². The molecule has 0 aliphatic heterocycles. The van der Waals surface area contributed by atoms with E-state index < -0.39 is 0 Å². The Morgan fingerprint density at radius 2 is 1.79 bits per heavy atom. The minimum absolute atomic E-state index is 0.00209. The number of carbonyl (C=O) groups excluding carboxylic acids is 1. The lowest BCUT2D eigenvalue weighted by Crippen LogP contribution is -2.30. The van der Waals surface area contributed by atoms with E-state index in [4.69, 9.17) is 5.10 Å². The third-order valence-electron chi connectivity index (χ3n) is 5.29. The van der Waals surface area contributed by atoms with Crippen LogP contribution in [-0.2, 0) is 17.8 Å². The zero-order chi connectivity index (χ0) is 21.0. The van der Waals surface area contributed by atoms with E-state index in [1.807, 2.05) is 72.9 Å². The van der Waals surface area contributed by atoms with Crippen LogP contribution < -0.4 is 5.32 Å². The van der Waals surface area contributed by atoms with Gasteiger partial charge in [-0.3, -0.25) is 9.69 Å². The SMILES string of the molecule is CCc1cccc(C)c1NC(=O)CN(C)Cc1c(C)nn(-c2ccccc2)c1C. The van der Waals surface area contributed by atoms with Gasteiger partial charge in [0.1, 0.15) is 0 Å². The molecular weight excluding hydrogens is 360 g/mol. The van der Waals surface area contributed by atoms with E-state index in [2.05, 4.69) is 25.2 Å². The second kappa shape index (κ2) is 9.05. The number of anilines is 1. The van der Waals surface area contributed by atoms with Crippen molar-refractivity contribution < 1.29 is 4.79 Å². The summed E-state index contributed by atoms with van der Waals surface area (Å²) in [6.07, 6.45) is 0.893. The van der Waals surface area contributed by atoms with Gasteiger partial charge in [-0.25, -0.2) is 4.68 Å². The Morgan fingerprint density at radius 3 is 2.48 bits per heavy atom. The summed E-state index contributed by atoms with van der Waals surface area (Å²) in [5.41, 5.74) is 7.50. The lowest BCUT2D eigenvalue weighted by atomic mass is 10.1. The Bertz CT molecular complexity index is 992. The summed E-state index contributed by atoms with van der Waals surface area (Å²) < 4.78 is 1.97. The van der Waals surface area contributed by atoms with Gasteiger partial charge in [-0.05, 0) is 57.5 Å². The van der Waals surface area contributed by atoms with Gasteiger partial charge < -0.3 is 5.32 Å². The van der Waals surface area contributed by atoms with Crippen LogP contribution in [0.2, 0.25) is 0 Å². The van der Waals surface area contributed by atoms with Crippen LogP contribution in [0.3, 0.4) is 0 Å². The fourth-order valence-corrected chi connectivity index (χ4v) is 3.68. The summed E-state index contributed by atoms with van der Waals surface area (Å²) in [5.74, 6) is 0.00209. The Kier molecular flexibility index (Phi) is 6.49. The number of para-hydroxylation sites is 2. The molecule has 152 valence electrons. The van der Waals surface area contributed by atoms with E-state index in [-0.39, 0.29) is 5.91 Å². The predicted octanol–water partition coefficient (Wildman–Crippen LogP) is 4.43. The molecule has 0 atom stereocenters. The third-order valence-corrected chi connectivity index (χ3v) is 5.29. The summed E-state index contributed by atoms with van der Waals surface area (Å²) in [6, 6.07) is 16.3. The van der Waals surface area contributed by atoms with Crippen LogP contribution in [0.5, 0.6) is 0 Å². The van der Waals surface area contributed by atoms with Crippen molar-refractivity contribution in [2.75, 3.05) is 18.9 Å². The van der Waals surface area contributed by atoms with Crippen molar-refractivity contribution in [2.45, 2.75) is 40.7 Å². The number of hydrogen-bond donors (Lipinski definition) is 1. The molecule has 0 radical (unpaired) electrons. The number of aryl methyl sites for hydroxylation is 3. The molecule has 0 unspecified atom stereocenters. The van der Waals surface area contributed by atoms with E-state index in [1.54, 1.807) is 0 Å². The van der Waals surface area contributed by atoms with Crippen molar-refractivity contribution in [3.63, 3.8) is 0 Å². The quantitative estimate of drug-likeness (QED) is 0.649. The molecule has 0 aliphatic rings. The number of benzene rings is 2. The average molecular weight is 391 g/mol. The minimum atomic E-state index is 0.00209. The number of nitrogens with one attached hydrogen (secondary N) is 1. The van der Waals surface area contributed by atoms with Crippen LogP contribution in [0.25, 0.3) is 5.69 Å². The molecule has 0 fully saturated rings. The van der Waals surface area contributed by atoms with Gasteiger partial charge in [0.25, 0.3) is 0 Å². The summed E-state index contributed by atoms with van der Waals surface area (Å²) >= 11 is 0. The highest BCUT2D eigenvalue weighted by Crippen LogP contribution is 2.22. The second-order valence-corrected chi connectivity index (χ2v) is 7.58. The fraction of sp³-hybridized carbons (Fsp3) is 0.333. The van der Waals surface area contributed by atoms with Crippen LogP contribution in [-0.4, -0.2) is 34.2 Å². The first-order valence-corrected chi connectivity index (χ1v) is 10.1. The molecule has 0 saturated heterocycles. The van der Waals surface area contributed by atoms with Gasteiger partial charge in [0, 0.05) is 23.5 Å². The van der Waals surface area contributed by atoms with Crippen molar-refractivity contribution >= 4 is 11.6 Å². The highest BCUT2D eigenvalue weighted by atomic mass is 16.2. The standard InChI is InChI=1S/C24H30N4O/c1-6-20-12-10-11-17(2)24(20)25-23(29)16-27(5)15-22-18(3)26-28(19(22)4)21-13-8-7-9-14-21/h7-14H,6,15-16H2,1-5H3,(H,25,29). The van der Waals surface area contributed by atoms with Crippen LogP contribution in [0.1, 0.15) is 35.0 Å². The van der Waals surface area contributed by atoms with E-state index in [9.17, 15) is 4.79 Å². The Balaban J connectivity index is 1.69. The summed E-state index contributed by atoms with van der Waals surface area (Å²) in [4.78, 5) is 14.7. The van der Waals surface area contributed by atoms with Crippen molar-refractivity contribution in [1.29, 1.82) is 0 Å². The molecule has 0 spiro atoms. The number of rotatable bonds is 7. The van der Waals surface area contributed by atoms with Gasteiger partial charge in [-0.1, -0.05) is 43.3 Å². The van der Waals surface area contributed by atoms with Crippen molar-refractivity contribution in [3.05, 3.63) is 76.6 Å². The molecule has 2 aromatic carbocycles. The molecular formula is C24H30N4O. The summed E-state index contributed by atoms with van der Waals surface area (Å²) in [7, 11) is 1.97. The maximum Gasteiger partial charge on any atom is 0.238 e. The molecule has 0 saturated carbocycles. The zero-order valence-electron chi connectivity index (χ0n) is 18.0. The number of likely N-dealkylation sites (N-methyl/N-ethyl adjacent to an activating group) is 1. The monoisotopic (exact) mass is 390 g/mol. The van der Waals surface area contributed by atoms with Gasteiger partial charge >= 0.3 is 0 Å². The topological polar surface area (TPSA) is 50.2 Å². The minimum Gasteiger partial charge on any atom is -0.324 e. The Hall–Kier alpha value is -2.92. The number of aromatic nitrogens is 2. The maximum atomic E-state index is 12.7. The smallest absolute Gasteiger partial charge is 0.238 e. The molecule has 1 N–H and O–H groups in total. The van der Waals surface area contributed by atoms with Crippen LogP contribution in [0.15, 0.2) is 48.5 Å². The van der Waals surface area contributed by atoms with Crippen LogP contribution in [0.4, 0.5) is 5.69 Å². The fourth-order valence-electron chi connectivity index (χ4n) is 3.68. The first-order valence-electron chi connectivity index (χ1n) is 10.1. The molecule has 1 heterocycles. The molecule has 0 bridgehead atoms. The van der Waals surface area contributed by atoms with Gasteiger partial charge in [0.15, 0.2) is 0 Å². The molecule has 1 aromatic heterocycles. The summed E-state index contributed by atoms with van der Waals surface area (Å²) in [6.45, 7) is 9.24. The highest BCUT2D eigenvalue weighted by Gasteiger charge is 2.16. The van der Waals surface area contributed by atoms with E-state index in [0.717, 1.165) is 45.9 Å². The third kappa shape index (κ3) is 4.74. The maximum absolute atomic E-state index is 12.7. The zero-order valence-corrected chi connectivity index (χ0v) is 18.0. The van der Waals surface area contributed by atoms with E-state index in [1.165, 1.54) is 0 Å². The number of nitrogens with zero attached hydrogens (tertiary/aromatic N) is 3. The second-order valence-electron chi connectivity index (χ2n) is 7.58. The lowest BCUT2D eigenvalue weighted by Gasteiger charge is -2.18. The summed E-state index contributed by atoms with van der Waals surface area (Å²) in [5, 5.41) is 7.81. The van der Waals surface area contributed by atoms with E-state index >= 15 is 0 Å². The van der Waals surface area contributed by atoms with Crippen molar-refractivity contribution in [1.82, 2.24) is 14.7 Å². The van der Waals surface area contributed by atoms with Gasteiger partial charge in [0.05, 0.1) is 17.9 Å². The molecule has 29 heavy (non-hydrogen) atoms. The molecule has 5 heteroatoms. The van der Waals surface area contributed by atoms with E-state index in [0.29, 0.717) is 13.1 Å². The first-order chi connectivity index (χ1) is 13.9. The molecule has 1 amide bonds. The van der Waals surface area contributed by atoms with Crippen LogP contribution >= 0.6 is 0 Å². The average Bonchev–Trinajstić information content (AvgIpc) is 2.98. The highest BCUT2D eigenvalue weighted by molar-refractivity contribution is 5.93. The number of hydrogen-bond acceptors (Lipinski definition) is 3. The van der Waals surface area contributed by atoms with Gasteiger partial charge in [0.2, 0.25) is 5.91 Å². The predicted molar refractivity (Wildman–Crippen MR) is 119 cm³/mol. The molecule has 5 nitrogen and oxygen atoms in total. The van der Waals surface area contributed by atoms with Gasteiger partial charge in [-0.15, -0.1) is 0 Å². The first kappa shape index (κ1) is 20.8. The normalized spacial score (nSPS) is 11.1. The molecule has 0 aliphatic carbocycles. The number of carbonyl (C=O) groups is 1. The Morgan fingerprint density at radius 1 is 1.07 bits per heavy atom.